The Morgan fingerprint density at radius 3 is 1.98 bits per heavy atom. The molecule has 0 atom stereocenters. The van der Waals surface area contributed by atoms with Crippen LogP contribution in [0.3, 0.4) is 0 Å². The van der Waals surface area contributed by atoms with E-state index in [1.807, 2.05) is 0 Å². The Bertz CT molecular complexity index is 2870. The van der Waals surface area contributed by atoms with Gasteiger partial charge >= 0.3 is 0 Å². The molecule has 0 fully saturated rings. The van der Waals surface area contributed by atoms with Crippen LogP contribution in [-0.4, -0.2) is 0 Å². The fourth-order valence-electron chi connectivity index (χ4n) is 10.7. The first kappa shape index (κ1) is 40.6. The van der Waals surface area contributed by atoms with Crippen molar-refractivity contribution in [3.63, 3.8) is 0 Å². The highest BCUT2D eigenvalue weighted by molar-refractivity contribution is 5.94. The SMILES string of the molecule is CCCCC1=C(c2ccc(C3=CC=C(N(c4ccccc4)c4ccc(-c5ccc6c(c5)-c5cc(-c7ccccc7)cc(C7=CCCC=C7)c5C6(C)C)cc4)CC3)cc2C)C=CCC1. The van der Waals surface area contributed by atoms with Crippen molar-refractivity contribution in [2.24, 2.45) is 0 Å². The van der Waals surface area contributed by atoms with E-state index < -0.39 is 0 Å². The van der Waals surface area contributed by atoms with Gasteiger partial charge in [-0.3, -0.25) is 0 Å². The largest absolute Gasteiger partial charge is 0.314 e. The van der Waals surface area contributed by atoms with Crippen LogP contribution in [0.4, 0.5) is 11.4 Å². The molecule has 0 spiro atoms. The molecule has 0 radical (unpaired) electrons. The highest BCUT2D eigenvalue weighted by Gasteiger charge is 2.38. The minimum Gasteiger partial charge on any atom is -0.314 e. The molecule has 312 valence electrons. The van der Waals surface area contributed by atoms with Gasteiger partial charge < -0.3 is 4.90 Å². The molecule has 4 aliphatic rings. The highest BCUT2D eigenvalue weighted by atomic mass is 15.1. The Hall–Kier alpha value is -6.44. The number of rotatable bonds is 11. The van der Waals surface area contributed by atoms with E-state index >= 15 is 0 Å². The summed E-state index contributed by atoms with van der Waals surface area (Å²) in [4.78, 5) is 2.45. The van der Waals surface area contributed by atoms with Crippen LogP contribution in [0.15, 0.2) is 187 Å². The van der Waals surface area contributed by atoms with Crippen molar-refractivity contribution in [1.82, 2.24) is 0 Å². The van der Waals surface area contributed by atoms with Gasteiger partial charge in [0.25, 0.3) is 0 Å². The van der Waals surface area contributed by atoms with Gasteiger partial charge in [-0.05, 0) is 190 Å². The van der Waals surface area contributed by atoms with E-state index in [9.17, 15) is 0 Å². The number of nitrogens with zero attached hydrogens (tertiary/aromatic N) is 1. The second kappa shape index (κ2) is 17.4. The van der Waals surface area contributed by atoms with Crippen LogP contribution in [0.5, 0.6) is 0 Å². The van der Waals surface area contributed by atoms with Crippen LogP contribution in [0.25, 0.3) is 50.1 Å². The normalized spacial score (nSPS) is 16.3. The summed E-state index contributed by atoms with van der Waals surface area (Å²) in [6.07, 6.45) is 26.8. The Labute approximate surface area is 376 Å². The lowest BCUT2D eigenvalue weighted by Crippen LogP contribution is -2.17. The number of benzene rings is 6. The first-order valence-electron chi connectivity index (χ1n) is 23.5. The fraction of sp³-hybridized carbons (Fsp3) is 0.226. The molecule has 4 aliphatic carbocycles. The first-order chi connectivity index (χ1) is 30.9. The smallest absolute Gasteiger partial charge is 0.0458 e. The van der Waals surface area contributed by atoms with Crippen LogP contribution in [0, 0.1) is 6.92 Å². The van der Waals surface area contributed by atoms with Crippen molar-refractivity contribution in [3.8, 4) is 33.4 Å². The van der Waals surface area contributed by atoms with Crippen molar-refractivity contribution in [3.05, 3.63) is 221 Å². The third-order valence-electron chi connectivity index (χ3n) is 14.0. The van der Waals surface area contributed by atoms with Crippen molar-refractivity contribution >= 4 is 28.1 Å². The van der Waals surface area contributed by atoms with Crippen molar-refractivity contribution < 1.29 is 0 Å². The van der Waals surface area contributed by atoms with E-state index in [0.29, 0.717) is 0 Å². The van der Waals surface area contributed by atoms with E-state index in [1.54, 1.807) is 5.57 Å². The average molecular weight is 818 g/mol. The highest BCUT2D eigenvalue weighted by Crippen LogP contribution is 2.54. The van der Waals surface area contributed by atoms with Gasteiger partial charge in [-0.25, -0.2) is 0 Å². The molecule has 0 saturated carbocycles. The van der Waals surface area contributed by atoms with Crippen LogP contribution in [0.2, 0.25) is 0 Å². The van der Waals surface area contributed by atoms with Gasteiger partial charge in [-0.15, -0.1) is 0 Å². The van der Waals surface area contributed by atoms with Crippen LogP contribution in [0.1, 0.15) is 112 Å². The lowest BCUT2D eigenvalue weighted by atomic mass is 9.77. The second-order valence-corrected chi connectivity index (χ2v) is 18.5. The van der Waals surface area contributed by atoms with Gasteiger partial charge in [0.1, 0.15) is 0 Å². The molecule has 10 rings (SSSR count). The number of fused-ring (bicyclic) bond motifs is 3. The molecule has 0 bridgehead atoms. The lowest BCUT2D eigenvalue weighted by Gasteiger charge is -2.30. The van der Waals surface area contributed by atoms with Gasteiger partial charge in [0.15, 0.2) is 0 Å². The summed E-state index contributed by atoms with van der Waals surface area (Å²) in [7, 11) is 0. The molecule has 6 aromatic rings. The minimum atomic E-state index is -0.119. The predicted octanol–water partition coefficient (Wildman–Crippen LogP) is 17.6. The van der Waals surface area contributed by atoms with Crippen LogP contribution < -0.4 is 4.90 Å². The molecule has 0 heterocycles. The molecule has 1 heteroatoms. The zero-order valence-corrected chi connectivity index (χ0v) is 37.6. The summed E-state index contributed by atoms with van der Waals surface area (Å²) < 4.78 is 0. The summed E-state index contributed by atoms with van der Waals surface area (Å²) in [6, 6.07) is 50.3. The molecule has 0 amide bonds. The molecule has 0 aliphatic heterocycles. The molecule has 1 nitrogen and oxygen atoms in total. The monoisotopic (exact) mass is 817 g/mol. The van der Waals surface area contributed by atoms with E-state index in [4.69, 9.17) is 0 Å². The number of hydrogen-bond acceptors (Lipinski definition) is 1. The van der Waals surface area contributed by atoms with Gasteiger partial charge in [-0.2, -0.15) is 0 Å². The van der Waals surface area contributed by atoms with Gasteiger partial charge in [0.2, 0.25) is 0 Å². The Balaban J connectivity index is 0.967. The maximum atomic E-state index is 2.45. The predicted molar refractivity (Wildman–Crippen MR) is 271 cm³/mol. The zero-order valence-electron chi connectivity index (χ0n) is 37.6. The standard InChI is InChI=1S/C62H59N/c1-5-6-18-47-23-16-17-26-56(47)55-37-31-49(39-43(55)2)45-27-33-53(34-28-45)63(52-24-14-9-15-25-52)54-35-29-46(30-36-54)50-32-38-60-58(40-50)59-42-51(44-19-10-7-11-20-44)41-57(61(59)62(60,3)4)48-21-12-8-13-22-48/h7,9-12,14-15,17,19-22,24-27,29-33,35-42H,5-6,8,13,16,18,23,28,34H2,1-4H3. The van der Waals surface area contributed by atoms with Crippen molar-refractivity contribution in [2.45, 2.75) is 90.9 Å². The fourth-order valence-corrected chi connectivity index (χ4v) is 10.7. The molecule has 0 aromatic heterocycles. The second-order valence-electron chi connectivity index (χ2n) is 18.5. The van der Waals surface area contributed by atoms with E-state index in [0.717, 1.165) is 25.7 Å². The third kappa shape index (κ3) is 7.84. The molecule has 63 heavy (non-hydrogen) atoms. The topological polar surface area (TPSA) is 3.24 Å². The van der Waals surface area contributed by atoms with E-state index in [2.05, 4.69) is 209 Å². The summed E-state index contributed by atoms with van der Waals surface area (Å²) in [6.45, 7) is 9.42. The van der Waals surface area contributed by atoms with Crippen LogP contribution >= 0.6 is 0 Å². The molecule has 6 aromatic carbocycles. The van der Waals surface area contributed by atoms with Gasteiger partial charge in [0.05, 0.1) is 0 Å². The molecular formula is C62H59N. The number of para-hydroxylation sites is 1. The molecule has 0 saturated heterocycles. The van der Waals surface area contributed by atoms with E-state index in [-0.39, 0.29) is 5.41 Å². The summed E-state index contributed by atoms with van der Waals surface area (Å²) in [5.74, 6) is 0. The lowest BCUT2D eigenvalue weighted by molar-refractivity contribution is 0.658. The third-order valence-corrected chi connectivity index (χ3v) is 14.0. The van der Waals surface area contributed by atoms with Crippen molar-refractivity contribution in [1.29, 1.82) is 0 Å². The van der Waals surface area contributed by atoms with Crippen molar-refractivity contribution in [2.75, 3.05) is 4.90 Å². The van der Waals surface area contributed by atoms with Gasteiger partial charge in [0, 0.05) is 22.5 Å². The number of aryl methyl sites for hydroxylation is 1. The van der Waals surface area contributed by atoms with Gasteiger partial charge in [-0.1, -0.05) is 160 Å². The Morgan fingerprint density at radius 2 is 1.25 bits per heavy atom. The molecule has 0 unspecified atom stereocenters. The van der Waals surface area contributed by atoms with Crippen LogP contribution in [-0.2, 0) is 5.41 Å². The summed E-state index contributed by atoms with van der Waals surface area (Å²) in [5, 5.41) is 0. The summed E-state index contributed by atoms with van der Waals surface area (Å²) in [5.41, 5.74) is 25.5. The number of unbranched alkanes of at least 4 members (excludes halogenated alkanes) is 1. The maximum absolute atomic E-state index is 2.45. The Kier molecular flexibility index (Phi) is 11.2. The molecule has 0 N–H and O–H groups in total. The maximum Gasteiger partial charge on any atom is 0.0458 e. The quantitative estimate of drug-likeness (QED) is 0.126. The summed E-state index contributed by atoms with van der Waals surface area (Å²) >= 11 is 0. The first-order valence-corrected chi connectivity index (χ1v) is 23.5. The van der Waals surface area contributed by atoms with E-state index in [1.165, 1.54) is 133 Å². The number of hydrogen-bond donors (Lipinski definition) is 0. The Morgan fingerprint density at radius 1 is 0.556 bits per heavy atom. The average Bonchev–Trinajstić information content (AvgIpc) is 3.57. The zero-order chi connectivity index (χ0) is 42.9. The minimum absolute atomic E-state index is 0.119. The molecular weight excluding hydrogens is 759 g/mol. The number of allylic oxidation sites excluding steroid dienone is 12. The number of anilines is 2.